The number of nitrogens with zero attached hydrogens (tertiary/aromatic N) is 2. The van der Waals surface area contributed by atoms with Crippen molar-refractivity contribution < 1.29 is 23.9 Å². The van der Waals surface area contributed by atoms with Crippen molar-refractivity contribution in [1.29, 1.82) is 0 Å². The lowest BCUT2D eigenvalue weighted by molar-refractivity contribution is -0.127. The lowest BCUT2D eigenvalue weighted by Crippen LogP contribution is -2.30. The van der Waals surface area contributed by atoms with Gasteiger partial charge in [-0.15, -0.1) is 0 Å². The number of rotatable bonds is 8. The molecule has 1 aliphatic rings. The largest absolute Gasteiger partial charge is 0.494 e. The van der Waals surface area contributed by atoms with Gasteiger partial charge in [0, 0.05) is 19.2 Å². The second kappa shape index (κ2) is 10.8. The van der Waals surface area contributed by atoms with E-state index in [1.54, 1.807) is 62.5 Å². The molecule has 1 unspecified atom stereocenters. The number of carbonyl (C=O) groups excluding carboxylic acids is 3. The molecule has 1 fully saturated rings. The minimum Gasteiger partial charge on any atom is -0.494 e. The number of benzene rings is 2. The standard InChI is InChI=1S/C23H25N3O5S/c1-4-30-18-12-10-16(11-13-18)24-20(27)14-19-21(28)26(3)23(32-19)25-17-8-6-15(7-9-17)22(29)31-5-2/h6-13,19H,4-5,14H2,1-3H3,(H,24,27). The highest BCUT2D eigenvalue weighted by atomic mass is 32.2. The van der Waals surface area contributed by atoms with Gasteiger partial charge in [0.1, 0.15) is 11.0 Å². The number of thioether (sulfide) groups is 1. The molecule has 3 rings (SSSR count). The van der Waals surface area contributed by atoms with Gasteiger partial charge in [-0.3, -0.25) is 14.5 Å². The van der Waals surface area contributed by atoms with Crippen LogP contribution in [0.15, 0.2) is 53.5 Å². The molecule has 9 heteroatoms. The van der Waals surface area contributed by atoms with Crippen molar-refractivity contribution in [2.45, 2.75) is 25.5 Å². The fourth-order valence-corrected chi connectivity index (χ4v) is 4.13. The van der Waals surface area contributed by atoms with Gasteiger partial charge in [-0.05, 0) is 62.4 Å². The van der Waals surface area contributed by atoms with Crippen LogP contribution in [0.2, 0.25) is 0 Å². The minimum atomic E-state index is -0.555. The Morgan fingerprint density at radius 3 is 2.38 bits per heavy atom. The van der Waals surface area contributed by atoms with Gasteiger partial charge in [0.05, 0.1) is 24.5 Å². The van der Waals surface area contributed by atoms with E-state index in [1.165, 1.54) is 16.7 Å². The van der Waals surface area contributed by atoms with E-state index >= 15 is 0 Å². The van der Waals surface area contributed by atoms with E-state index in [-0.39, 0.29) is 18.2 Å². The van der Waals surface area contributed by atoms with Crippen LogP contribution in [0.3, 0.4) is 0 Å². The summed E-state index contributed by atoms with van der Waals surface area (Å²) in [5, 5.41) is 2.75. The number of nitrogens with one attached hydrogen (secondary N) is 1. The Hall–Kier alpha value is -3.33. The molecule has 1 N–H and O–H groups in total. The third kappa shape index (κ3) is 5.88. The van der Waals surface area contributed by atoms with Gasteiger partial charge in [-0.1, -0.05) is 11.8 Å². The average Bonchev–Trinajstić information content (AvgIpc) is 3.03. The molecule has 0 bridgehead atoms. The highest BCUT2D eigenvalue weighted by Gasteiger charge is 2.37. The summed E-state index contributed by atoms with van der Waals surface area (Å²) in [7, 11) is 1.63. The molecule has 0 spiro atoms. The molecule has 2 amide bonds. The first kappa shape index (κ1) is 23.3. The van der Waals surface area contributed by atoms with E-state index in [4.69, 9.17) is 9.47 Å². The van der Waals surface area contributed by atoms with Crippen LogP contribution in [-0.2, 0) is 14.3 Å². The molecule has 1 aliphatic heterocycles. The molecule has 1 heterocycles. The first-order chi connectivity index (χ1) is 15.4. The van der Waals surface area contributed by atoms with E-state index in [9.17, 15) is 14.4 Å². The molecule has 2 aromatic carbocycles. The van der Waals surface area contributed by atoms with E-state index in [0.29, 0.717) is 35.3 Å². The van der Waals surface area contributed by atoms with Gasteiger partial charge in [0.2, 0.25) is 11.8 Å². The van der Waals surface area contributed by atoms with Crippen LogP contribution in [0, 0.1) is 0 Å². The molecule has 0 aliphatic carbocycles. The van der Waals surface area contributed by atoms with Gasteiger partial charge >= 0.3 is 5.97 Å². The van der Waals surface area contributed by atoms with Crippen LogP contribution in [0.25, 0.3) is 0 Å². The van der Waals surface area contributed by atoms with Crippen LogP contribution < -0.4 is 10.1 Å². The van der Waals surface area contributed by atoms with Crippen LogP contribution in [0.4, 0.5) is 11.4 Å². The molecule has 0 radical (unpaired) electrons. The second-order valence-corrected chi connectivity index (χ2v) is 8.05. The van der Waals surface area contributed by atoms with Gasteiger partial charge in [0.15, 0.2) is 5.17 Å². The van der Waals surface area contributed by atoms with Crippen molar-refractivity contribution in [2.24, 2.45) is 4.99 Å². The SMILES string of the molecule is CCOC(=O)c1ccc(N=C2SC(CC(=O)Nc3ccc(OCC)cc3)C(=O)N2C)cc1. The van der Waals surface area contributed by atoms with Crippen molar-refractivity contribution in [3.05, 3.63) is 54.1 Å². The highest BCUT2D eigenvalue weighted by Crippen LogP contribution is 2.31. The summed E-state index contributed by atoms with van der Waals surface area (Å²) in [6.45, 7) is 4.52. The number of hydrogen-bond donors (Lipinski definition) is 1. The second-order valence-electron chi connectivity index (χ2n) is 6.88. The smallest absolute Gasteiger partial charge is 0.338 e. The number of hydrogen-bond acceptors (Lipinski definition) is 7. The lowest BCUT2D eigenvalue weighted by Gasteiger charge is -2.10. The van der Waals surface area contributed by atoms with E-state index in [1.807, 2.05) is 6.92 Å². The summed E-state index contributed by atoms with van der Waals surface area (Å²) in [6, 6.07) is 13.7. The zero-order chi connectivity index (χ0) is 23.1. The average molecular weight is 456 g/mol. The maximum absolute atomic E-state index is 12.6. The molecule has 1 atom stereocenters. The molecule has 2 aromatic rings. The Labute approximate surface area is 191 Å². The maximum atomic E-state index is 12.6. The van der Waals surface area contributed by atoms with E-state index in [2.05, 4.69) is 10.3 Å². The number of ether oxygens (including phenoxy) is 2. The van der Waals surface area contributed by atoms with Crippen LogP contribution in [-0.4, -0.2) is 53.4 Å². The van der Waals surface area contributed by atoms with Crippen molar-refractivity contribution in [3.8, 4) is 5.75 Å². The van der Waals surface area contributed by atoms with Gasteiger partial charge < -0.3 is 14.8 Å². The minimum absolute atomic E-state index is 0.0296. The Balaban J connectivity index is 1.61. The van der Waals surface area contributed by atoms with Crippen LogP contribution in [0.5, 0.6) is 5.75 Å². The van der Waals surface area contributed by atoms with Crippen molar-refractivity contribution >= 4 is 46.1 Å². The summed E-state index contributed by atoms with van der Waals surface area (Å²) >= 11 is 1.24. The van der Waals surface area contributed by atoms with E-state index in [0.717, 1.165) is 5.75 Å². The van der Waals surface area contributed by atoms with Gasteiger partial charge in [-0.2, -0.15) is 0 Å². The number of esters is 1. The Morgan fingerprint density at radius 2 is 1.75 bits per heavy atom. The Kier molecular flexibility index (Phi) is 7.88. The summed E-state index contributed by atoms with van der Waals surface area (Å²) in [5.74, 6) is -0.107. The number of amides is 2. The quantitative estimate of drug-likeness (QED) is 0.607. The normalized spacial score (nSPS) is 16.8. The number of aliphatic imine (C=N–C) groups is 1. The molecule has 168 valence electrons. The van der Waals surface area contributed by atoms with Crippen molar-refractivity contribution in [1.82, 2.24) is 4.90 Å². The Bertz CT molecular complexity index is 1010. The first-order valence-corrected chi connectivity index (χ1v) is 11.1. The van der Waals surface area contributed by atoms with Gasteiger partial charge in [0.25, 0.3) is 0 Å². The fourth-order valence-electron chi connectivity index (χ4n) is 2.98. The predicted molar refractivity (Wildman–Crippen MR) is 125 cm³/mol. The van der Waals surface area contributed by atoms with E-state index < -0.39 is 11.2 Å². The predicted octanol–water partition coefficient (Wildman–Crippen LogP) is 3.85. The fraction of sp³-hybridized carbons (Fsp3) is 0.304. The zero-order valence-electron chi connectivity index (χ0n) is 18.2. The molecule has 8 nitrogen and oxygen atoms in total. The topological polar surface area (TPSA) is 97.3 Å². The third-order valence-electron chi connectivity index (χ3n) is 4.56. The Morgan fingerprint density at radius 1 is 1.06 bits per heavy atom. The molecular formula is C23H25N3O5S. The number of amidine groups is 1. The maximum Gasteiger partial charge on any atom is 0.338 e. The molecule has 0 aromatic heterocycles. The molecule has 0 saturated carbocycles. The van der Waals surface area contributed by atoms with Crippen molar-refractivity contribution in [2.75, 3.05) is 25.6 Å². The summed E-state index contributed by atoms with van der Waals surface area (Å²) in [6.07, 6.45) is 0.0296. The first-order valence-electron chi connectivity index (χ1n) is 10.2. The summed E-state index contributed by atoms with van der Waals surface area (Å²) in [5.41, 5.74) is 1.67. The summed E-state index contributed by atoms with van der Waals surface area (Å²) < 4.78 is 10.4. The van der Waals surface area contributed by atoms with Gasteiger partial charge in [-0.25, -0.2) is 9.79 Å². The van der Waals surface area contributed by atoms with Crippen LogP contribution >= 0.6 is 11.8 Å². The highest BCUT2D eigenvalue weighted by molar-refractivity contribution is 8.15. The third-order valence-corrected chi connectivity index (χ3v) is 5.79. The zero-order valence-corrected chi connectivity index (χ0v) is 19.0. The monoisotopic (exact) mass is 455 g/mol. The van der Waals surface area contributed by atoms with Crippen LogP contribution in [0.1, 0.15) is 30.6 Å². The molecular weight excluding hydrogens is 430 g/mol. The van der Waals surface area contributed by atoms with Crippen molar-refractivity contribution in [3.63, 3.8) is 0 Å². The number of anilines is 1. The number of carbonyl (C=O) groups is 3. The summed E-state index contributed by atoms with van der Waals surface area (Å²) in [4.78, 5) is 42.7. The molecule has 1 saturated heterocycles. The molecule has 32 heavy (non-hydrogen) atoms. The lowest BCUT2D eigenvalue weighted by atomic mass is 10.2.